The van der Waals surface area contributed by atoms with Crippen LogP contribution in [0.4, 0.5) is 0 Å². The summed E-state index contributed by atoms with van der Waals surface area (Å²) >= 11 is 0. The monoisotopic (exact) mass is 376 g/mol. The van der Waals surface area contributed by atoms with Gasteiger partial charge in [0.2, 0.25) is 0 Å². The lowest BCUT2D eigenvalue weighted by molar-refractivity contribution is -0.118. The van der Waals surface area contributed by atoms with E-state index >= 15 is 0 Å². The summed E-state index contributed by atoms with van der Waals surface area (Å²) in [5.41, 5.74) is 1.69. The average Bonchev–Trinajstić information content (AvgIpc) is 3.26. The van der Waals surface area contributed by atoms with Crippen LogP contribution in [0.3, 0.4) is 0 Å². The zero-order valence-corrected chi connectivity index (χ0v) is 15.6. The molecule has 0 radical (unpaired) electrons. The van der Waals surface area contributed by atoms with Crippen molar-refractivity contribution in [3.05, 3.63) is 89.6 Å². The van der Waals surface area contributed by atoms with Crippen LogP contribution in [0.5, 0.6) is 0 Å². The molecule has 1 saturated heterocycles. The second-order valence-electron chi connectivity index (χ2n) is 6.52. The molecule has 5 heteroatoms. The molecule has 0 aliphatic carbocycles. The van der Waals surface area contributed by atoms with Gasteiger partial charge in [-0.1, -0.05) is 60.7 Å². The molecule has 144 valence electrons. The minimum Gasteiger partial charge on any atom is -0.376 e. The predicted molar refractivity (Wildman–Crippen MR) is 109 cm³/mol. The normalized spacial score (nSPS) is 16.9. The number of benzene rings is 2. The van der Waals surface area contributed by atoms with Gasteiger partial charge >= 0.3 is 0 Å². The highest BCUT2D eigenvalue weighted by Gasteiger charge is 2.18. The number of hydrogen-bond acceptors (Lipinski definition) is 3. The van der Waals surface area contributed by atoms with Crippen molar-refractivity contribution in [3.8, 4) is 0 Å². The van der Waals surface area contributed by atoms with Crippen molar-refractivity contribution in [1.82, 2.24) is 10.6 Å². The maximum Gasteiger partial charge on any atom is 0.267 e. The summed E-state index contributed by atoms with van der Waals surface area (Å²) in [6.45, 7) is 1.16. The molecule has 1 atom stereocenters. The maximum atomic E-state index is 12.6. The van der Waals surface area contributed by atoms with Gasteiger partial charge in [-0.15, -0.1) is 0 Å². The average molecular weight is 376 g/mol. The van der Waals surface area contributed by atoms with Gasteiger partial charge in [-0.25, -0.2) is 0 Å². The zero-order chi connectivity index (χ0) is 19.6. The minimum atomic E-state index is -0.336. The lowest BCUT2D eigenvalue weighted by atomic mass is 10.2. The van der Waals surface area contributed by atoms with E-state index in [-0.39, 0.29) is 23.6 Å². The number of allylic oxidation sites excluding steroid dienone is 2. The van der Waals surface area contributed by atoms with Crippen LogP contribution in [0.2, 0.25) is 0 Å². The molecule has 5 nitrogen and oxygen atoms in total. The fraction of sp³-hybridized carbons (Fsp3) is 0.217. The number of ether oxygens (including phenoxy) is 1. The van der Waals surface area contributed by atoms with E-state index in [0.717, 1.165) is 25.0 Å². The molecule has 3 rings (SSSR count). The number of rotatable bonds is 7. The van der Waals surface area contributed by atoms with E-state index in [1.165, 1.54) is 0 Å². The molecule has 0 unspecified atom stereocenters. The molecule has 1 heterocycles. The SMILES string of the molecule is O=C(NC[C@@H]1CCCO1)/C(=C/C=C\c1ccccc1)NC(=O)c1ccccc1. The van der Waals surface area contributed by atoms with Crippen LogP contribution in [-0.2, 0) is 9.53 Å². The Hall–Kier alpha value is -3.18. The Balaban J connectivity index is 1.70. The molecule has 2 aromatic carbocycles. The van der Waals surface area contributed by atoms with Gasteiger partial charge in [-0.05, 0) is 36.6 Å². The van der Waals surface area contributed by atoms with Crippen molar-refractivity contribution in [2.24, 2.45) is 0 Å². The highest BCUT2D eigenvalue weighted by molar-refractivity contribution is 6.03. The summed E-state index contributed by atoms with van der Waals surface area (Å²) in [6.07, 6.45) is 7.22. The van der Waals surface area contributed by atoms with Gasteiger partial charge in [0.25, 0.3) is 11.8 Å². The Bertz CT molecular complexity index is 839. The number of carbonyl (C=O) groups is 2. The summed E-state index contributed by atoms with van der Waals surface area (Å²) in [5.74, 6) is -0.662. The lowest BCUT2D eigenvalue weighted by Gasteiger charge is -2.13. The Labute approximate surface area is 165 Å². The largest absolute Gasteiger partial charge is 0.376 e. The van der Waals surface area contributed by atoms with Gasteiger partial charge in [0.1, 0.15) is 5.70 Å². The van der Waals surface area contributed by atoms with E-state index in [1.54, 1.807) is 36.4 Å². The van der Waals surface area contributed by atoms with Gasteiger partial charge in [-0.3, -0.25) is 9.59 Å². The van der Waals surface area contributed by atoms with Crippen LogP contribution < -0.4 is 10.6 Å². The first kappa shape index (κ1) is 19.6. The van der Waals surface area contributed by atoms with Crippen molar-refractivity contribution < 1.29 is 14.3 Å². The van der Waals surface area contributed by atoms with Gasteiger partial charge in [0.15, 0.2) is 0 Å². The van der Waals surface area contributed by atoms with E-state index in [4.69, 9.17) is 4.74 Å². The number of nitrogens with one attached hydrogen (secondary N) is 2. The number of hydrogen-bond donors (Lipinski definition) is 2. The second kappa shape index (κ2) is 10.2. The maximum absolute atomic E-state index is 12.6. The van der Waals surface area contributed by atoms with Gasteiger partial charge in [0, 0.05) is 18.7 Å². The predicted octanol–water partition coefficient (Wildman–Crippen LogP) is 3.31. The van der Waals surface area contributed by atoms with Crippen molar-refractivity contribution in [3.63, 3.8) is 0 Å². The third kappa shape index (κ3) is 5.93. The van der Waals surface area contributed by atoms with Crippen molar-refractivity contribution in [2.75, 3.05) is 13.2 Å². The molecule has 2 N–H and O–H groups in total. The molecule has 28 heavy (non-hydrogen) atoms. The molecule has 2 aromatic rings. The van der Waals surface area contributed by atoms with Crippen LogP contribution in [0.25, 0.3) is 6.08 Å². The molecule has 0 spiro atoms. The second-order valence-corrected chi connectivity index (χ2v) is 6.52. The Morgan fingerprint density at radius 3 is 2.43 bits per heavy atom. The topological polar surface area (TPSA) is 67.4 Å². The van der Waals surface area contributed by atoms with Crippen LogP contribution >= 0.6 is 0 Å². The van der Waals surface area contributed by atoms with Crippen LogP contribution in [0.15, 0.2) is 78.5 Å². The first-order valence-electron chi connectivity index (χ1n) is 9.42. The van der Waals surface area contributed by atoms with Crippen LogP contribution in [-0.4, -0.2) is 31.1 Å². The molecular formula is C23H24N2O3. The summed E-state index contributed by atoms with van der Waals surface area (Å²) in [7, 11) is 0. The Morgan fingerprint density at radius 2 is 1.75 bits per heavy atom. The van der Waals surface area contributed by atoms with E-state index in [0.29, 0.717) is 12.1 Å². The quantitative estimate of drug-likeness (QED) is 0.575. The molecule has 1 aliphatic heterocycles. The third-order valence-electron chi connectivity index (χ3n) is 4.39. The summed E-state index contributed by atoms with van der Waals surface area (Å²) in [4.78, 5) is 25.1. The molecule has 0 saturated carbocycles. The molecule has 2 amide bonds. The lowest BCUT2D eigenvalue weighted by Crippen LogP contribution is -2.38. The van der Waals surface area contributed by atoms with Crippen LogP contribution in [0, 0.1) is 0 Å². The fourth-order valence-corrected chi connectivity index (χ4v) is 2.88. The highest BCUT2D eigenvalue weighted by Crippen LogP contribution is 2.11. The first-order valence-corrected chi connectivity index (χ1v) is 9.42. The van der Waals surface area contributed by atoms with E-state index in [2.05, 4.69) is 10.6 Å². The molecule has 0 aromatic heterocycles. The zero-order valence-electron chi connectivity index (χ0n) is 15.6. The highest BCUT2D eigenvalue weighted by atomic mass is 16.5. The smallest absolute Gasteiger partial charge is 0.267 e. The summed E-state index contributed by atoms with van der Waals surface area (Å²) in [5, 5.41) is 5.56. The Kier molecular flexibility index (Phi) is 7.15. The number of amides is 2. The summed E-state index contributed by atoms with van der Waals surface area (Å²) in [6, 6.07) is 18.6. The molecule has 0 bridgehead atoms. The van der Waals surface area contributed by atoms with Crippen molar-refractivity contribution in [1.29, 1.82) is 0 Å². The first-order chi connectivity index (χ1) is 13.7. The Morgan fingerprint density at radius 1 is 1.04 bits per heavy atom. The number of carbonyl (C=O) groups excluding carboxylic acids is 2. The van der Waals surface area contributed by atoms with Crippen molar-refractivity contribution in [2.45, 2.75) is 18.9 Å². The third-order valence-corrected chi connectivity index (χ3v) is 4.39. The van der Waals surface area contributed by atoms with E-state index in [9.17, 15) is 9.59 Å². The van der Waals surface area contributed by atoms with Crippen molar-refractivity contribution >= 4 is 17.9 Å². The van der Waals surface area contributed by atoms with E-state index in [1.807, 2.05) is 42.5 Å². The van der Waals surface area contributed by atoms with Gasteiger partial charge in [-0.2, -0.15) is 0 Å². The fourth-order valence-electron chi connectivity index (χ4n) is 2.88. The van der Waals surface area contributed by atoms with Gasteiger partial charge in [0.05, 0.1) is 6.10 Å². The van der Waals surface area contributed by atoms with Gasteiger partial charge < -0.3 is 15.4 Å². The molecular weight excluding hydrogens is 352 g/mol. The van der Waals surface area contributed by atoms with Crippen LogP contribution in [0.1, 0.15) is 28.8 Å². The van der Waals surface area contributed by atoms with E-state index < -0.39 is 0 Å². The molecule has 1 fully saturated rings. The minimum absolute atomic E-state index is 0.0369. The standard InChI is InChI=1S/C23H24N2O3/c26-22(19-12-5-2-6-13-19)25-21(15-7-11-18-9-3-1-4-10-18)23(27)24-17-20-14-8-16-28-20/h1-7,9-13,15,20H,8,14,16-17H2,(H,24,27)(H,25,26)/b11-7-,21-15-/t20-/m0/s1. The molecule has 1 aliphatic rings. The summed E-state index contributed by atoms with van der Waals surface area (Å²) < 4.78 is 5.54.